The van der Waals surface area contributed by atoms with Crippen LogP contribution in [0.2, 0.25) is 0 Å². The molecule has 0 saturated carbocycles. The summed E-state index contributed by atoms with van der Waals surface area (Å²) in [7, 11) is -2.34. The van der Waals surface area contributed by atoms with E-state index in [1.165, 1.54) is 17.5 Å². The third-order valence-electron chi connectivity index (χ3n) is 5.71. The number of hydrogen-bond acceptors (Lipinski definition) is 6. The Kier molecular flexibility index (Phi) is 7.49. The largest absolute Gasteiger partial charge is 0.495 e. The van der Waals surface area contributed by atoms with Crippen LogP contribution in [0.3, 0.4) is 0 Å². The molecule has 0 aromatic heterocycles. The highest BCUT2D eigenvalue weighted by Gasteiger charge is 2.32. The fourth-order valence-corrected chi connectivity index (χ4v) is 5.65. The second-order valence-electron chi connectivity index (χ2n) is 7.60. The van der Waals surface area contributed by atoms with Crippen LogP contribution in [0.25, 0.3) is 0 Å². The van der Waals surface area contributed by atoms with Gasteiger partial charge in [0.15, 0.2) is 5.78 Å². The molecule has 0 bridgehead atoms. The zero-order chi connectivity index (χ0) is 21.7. The van der Waals surface area contributed by atoms with Crippen LogP contribution < -0.4 is 4.74 Å². The van der Waals surface area contributed by atoms with Crippen molar-refractivity contribution in [3.63, 3.8) is 0 Å². The molecule has 1 unspecified atom stereocenters. The van der Waals surface area contributed by atoms with Crippen molar-refractivity contribution in [2.45, 2.75) is 50.0 Å². The number of morpholine rings is 1. The minimum atomic E-state index is -3.77. The molecule has 166 valence electrons. The lowest BCUT2D eigenvalue weighted by Gasteiger charge is -2.34. The lowest BCUT2D eigenvalue weighted by molar-refractivity contribution is -0.140. The number of methoxy groups -OCH3 is 1. The number of amides is 1. The Bertz CT molecular complexity index is 879. The first kappa shape index (κ1) is 22.7. The predicted octanol–water partition coefficient (Wildman–Crippen LogP) is 1.62. The molecule has 3 rings (SSSR count). The van der Waals surface area contributed by atoms with Crippen molar-refractivity contribution in [2.24, 2.45) is 0 Å². The number of rotatable bonds is 7. The second kappa shape index (κ2) is 9.89. The van der Waals surface area contributed by atoms with Crippen molar-refractivity contribution >= 4 is 21.7 Å². The van der Waals surface area contributed by atoms with Gasteiger partial charge in [0, 0.05) is 26.1 Å². The molecule has 1 aromatic rings. The van der Waals surface area contributed by atoms with Gasteiger partial charge < -0.3 is 14.4 Å². The van der Waals surface area contributed by atoms with E-state index in [0.29, 0.717) is 38.2 Å². The highest BCUT2D eigenvalue weighted by atomic mass is 32.2. The third-order valence-corrected chi connectivity index (χ3v) is 7.63. The lowest BCUT2D eigenvalue weighted by Crippen LogP contribution is -2.48. The topological polar surface area (TPSA) is 93.2 Å². The Labute approximate surface area is 178 Å². The summed E-state index contributed by atoms with van der Waals surface area (Å²) in [5.41, 5.74) is 0.584. The minimum Gasteiger partial charge on any atom is -0.495 e. The van der Waals surface area contributed by atoms with Crippen molar-refractivity contribution in [1.29, 1.82) is 0 Å². The van der Waals surface area contributed by atoms with Gasteiger partial charge >= 0.3 is 0 Å². The summed E-state index contributed by atoms with van der Waals surface area (Å²) in [5.74, 6) is 0.171. The van der Waals surface area contributed by atoms with E-state index in [1.807, 2.05) is 6.92 Å². The van der Waals surface area contributed by atoms with Crippen LogP contribution in [0.4, 0.5) is 0 Å². The zero-order valence-electron chi connectivity index (χ0n) is 17.6. The Hall–Kier alpha value is -1.97. The summed E-state index contributed by atoms with van der Waals surface area (Å²) in [6.45, 7) is 3.63. The van der Waals surface area contributed by atoms with E-state index in [1.54, 1.807) is 17.0 Å². The van der Waals surface area contributed by atoms with Crippen molar-refractivity contribution in [3.05, 3.63) is 23.8 Å². The molecule has 0 spiro atoms. The quantitative estimate of drug-likeness (QED) is 0.642. The van der Waals surface area contributed by atoms with E-state index < -0.39 is 10.0 Å². The van der Waals surface area contributed by atoms with Crippen LogP contribution in [-0.4, -0.2) is 75.3 Å². The predicted molar refractivity (Wildman–Crippen MR) is 111 cm³/mol. The SMILES string of the molecule is CCC(=O)C1CCCCN1C(=O)Cc1ccc(OC)c(S(=O)(=O)N2CCOCC2)c1. The van der Waals surface area contributed by atoms with Crippen LogP contribution in [0.5, 0.6) is 5.75 Å². The van der Waals surface area contributed by atoms with Crippen molar-refractivity contribution in [1.82, 2.24) is 9.21 Å². The van der Waals surface area contributed by atoms with E-state index in [0.717, 1.165) is 12.8 Å². The molecule has 2 heterocycles. The number of piperidine rings is 1. The van der Waals surface area contributed by atoms with Gasteiger partial charge in [-0.05, 0) is 37.0 Å². The lowest BCUT2D eigenvalue weighted by atomic mass is 9.96. The number of carbonyl (C=O) groups is 2. The van der Waals surface area contributed by atoms with E-state index in [4.69, 9.17) is 9.47 Å². The van der Waals surface area contributed by atoms with Gasteiger partial charge in [-0.1, -0.05) is 13.0 Å². The Morgan fingerprint density at radius 3 is 2.57 bits per heavy atom. The molecule has 1 amide bonds. The van der Waals surface area contributed by atoms with Gasteiger partial charge in [-0.15, -0.1) is 0 Å². The molecule has 1 atom stereocenters. The average Bonchev–Trinajstić information content (AvgIpc) is 2.79. The average molecular weight is 439 g/mol. The second-order valence-corrected chi connectivity index (χ2v) is 9.50. The minimum absolute atomic E-state index is 0.0448. The Morgan fingerprint density at radius 2 is 1.90 bits per heavy atom. The van der Waals surface area contributed by atoms with E-state index in [-0.39, 0.29) is 47.9 Å². The number of hydrogen-bond donors (Lipinski definition) is 0. The van der Waals surface area contributed by atoms with Gasteiger partial charge in [0.2, 0.25) is 15.9 Å². The number of sulfonamides is 1. The summed E-state index contributed by atoms with van der Waals surface area (Å²) in [6, 6.07) is 4.43. The number of ketones is 1. The van der Waals surface area contributed by atoms with Gasteiger partial charge in [-0.3, -0.25) is 9.59 Å². The summed E-state index contributed by atoms with van der Waals surface area (Å²) in [5, 5.41) is 0. The maximum atomic E-state index is 13.1. The summed E-state index contributed by atoms with van der Waals surface area (Å²) >= 11 is 0. The van der Waals surface area contributed by atoms with Crippen LogP contribution in [0.1, 0.15) is 38.2 Å². The standard InChI is InChI=1S/C21H30N2O6S/c1-3-18(24)17-6-4-5-9-23(17)21(25)15-16-7-8-19(28-2)20(14-16)30(26,27)22-10-12-29-13-11-22/h7-8,14,17H,3-6,9-13,15H2,1-2H3. The summed E-state index contributed by atoms with van der Waals surface area (Å²) < 4.78 is 38.2. The molecule has 30 heavy (non-hydrogen) atoms. The number of ether oxygens (including phenoxy) is 2. The maximum Gasteiger partial charge on any atom is 0.246 e. The van der Waals surface area contributed by atoms with Crippen LogP contribution in [-0.2, 0) is 30.8 Å². The summed E-state index contributed by atoms with van der Waals surface area (Å²) in [6.07, 6.45) is 2.95. The first-order valence-corrected chi connectivity index (χ1v) is 11.9. The molecule has 0 radical (unpaired) electrons. The van der Waals surface area contributed by atoms with Gasteiger partial charge in [-0.2, -0.15) is 4.31 Å². The fraction of sp³-hybridized carbons (Fsp3) is 0.619. The van der Waals surface area contributed by atoms with Crippen molar-refractivity contribution < 1.29 is 27.5 Å². The number of likely N-dealkylation sites (tertiary alicyclic amines) is 1. The normalized spacial score (nSPS) is 20.7. The maximum absolute atomic E-state index is 13.1. The third kappa shape index (κ3) is 4.84. The van der Waals surface area contributed by atoms with Gasteiger partial charge in [-0.25, -0.2) is 8.42 Å². The van der Waals surface area contributed by atoms with Crippen LogP contribution >= 0.6 is 0 Å². The fourth-order valence-electron chi connectivity index (χ4n) is 4.04. The Morgan fingerprint density at radius 1 is 1.17 bits per heavy atom. The molecular weight excluding hydrogens is 408 g/mol. The van der Waals surface area contributed by atoms with Gasteiger partial charge in [0.1, 0.15) is 10.6 Å². The molecule has 2 fully saturated rings. The van der Waals surface area contributed by atoms with E-state index in [2.05, 4.69) is 0 Å². The first-order valence-electron chi connectivity index (χ1n) is 10.5. The number of nitrogens with zero attached hydrogens (tertiary/aromatic N) is 2. The molecule has 0 N–H and O–H groups in total. The number of benzene rings is 1. The molecule has 2 aliphatic rings. The molecule has 9 heteroatoms. The molecule has 2 aliphatic heterocycles. The van der Waals surface area contributed by atoms with E-state index in [9.17, 15) is 18.0 Å². The molecule has 8 nitrogen and oxygen atoms in total. The van der Waals surface area contributed by atoms with Crippen LogP contribution in [0.15, 0.2) is 23.1 Å². The molecular formula is C21H30N2O6S. The Balaban J connectivity index is 1.84. The highest BCUT2D eigenvalue weighted by Crippen LogP contribution is 2.29. The van der Waals surface area contributed by atoms with Crippen LogP contribution in [0, 0.1) is 0 Å². The smallest absolute Gasteiger partial charge is 0.246 e. The van der Waals surface area contributed by atoms with Crippen molar-refractivity contribution in [2.75, 3.05) is 40.0 Å². The van der Waals surface area contributed by atoms with Gasteiger partial charge in [0.05, 0.1) is 32.8 Å². The van der Waals surface area contributed by atoms with Crippen molar-refractivity contribution in [3.8, 4) is 5.75 Å². The van der Waals surface area contributed by atoms with E-state index >= 15 is 0 Å². The molecule has 1 aromatic carbocycles. The van der Waals surface area contributed by atoms with Gasteiger partial charge in [0.25, 0.3) is 0 Å². The number of Topliss-reactive ketones (excluding diaryl/α,β-unsaturated/α-hetero) is 1. The molecule has 2 saturated heterocycles. The monoisotopic (exact) mass is 438 g/mol. The first-order chi connectivity index (χ1) is 14.4. The highest BCUT2D eigenvalue weighted by molar-refractivity contribution is 7.89. The molecule has 0 aliphatic carbocycles. The summed E-state index contributed by atoms with van der Waals surface area (Å²) in [4.78, 5) is 27.0. The number of carbonyl (C=O) groups excluding carboxylic acids is 2. The zero-order valence-corrected chi connectivity index (χ0v) is 18.4.